The molecule has 1 unspecified atom stereocenters. The molecule has 19 heavy (non-hydrogen) atoms. The topological polar surface area (TPSA) is 34.4 Å². The summed E-state index contributed by atoms with van der Waals surface area (Å²) in [6.45, 7) is 6.11. The molecular weight excluding hydrogens is 238 g/mol. The molecule has 0 spiro atoms. The monoisotopic (exact) mass is 259 g/mol. The predicted octanol–water partition coefficient (Wildman–Crippen LogP) is 3.52. The highest BCUT2D eigenvalue weighted by molar-refractivity contribution is 5.45. The maximum Gasteiger partial charge on any atom is 0.123 e. The van der Waals surface area contributed by atoms with Crippen molar-refractivity contribution >= 4 is 0 Å². The van der Waals surface area contributed by atoms with Gasteiger partial charge in [-0.05, 0) is 39.4 Å². The zero-order valence-corrected chi connectivity index (χ0v) is 12.2. The van der Waals surface area contributed by atoms with Gasteiger partial charge in [-0.15, -0.1) is 0 Å². The normalized spacial score (nSPS) is 12.5. The Balaban J connectivity index is 2.56. The van der Waals surface area contributed by atoms with Crippen LogP contribution in [0.4, 0.5) is 0 Å². The van der Waals surface area contributed by atoms with Crippen LogP contribution in [0.2, 0.25) is 0 Å². The summed E-state index contributed by atoms with van der Waals surface area (Å²) in [5, 5.41) is 3.36. The molecule has 1 atom stereocenters. The predicted molar refractivity (Wildman–Crippen MR) is 76.8 cm³/mol. The number of methoxy groups -OCH3 is 1. The molecule has 0 aliphatic rings. The van der Waals surface area contributed by atoms with Crippen LogP contribution in [0.25, 0.3) is 0 Å². The first-order chi connectivity index (χ1) is 9.10. The number of ether oxygens (including phenoxy) is 1. The summed E-state index contributed by atoms with van der Waals surface area (Å²) in [5.41, 5.74) is 3.52. The standard InChI is InChI=1S/C16H21NO2/c1-10-11(2)19-12(3)15(10)16(17-4)13-8-6-7-9-14(13)18-5/h6-9,16-17H,1-5H3. The molecule has 1 N–H and O–H groups in total. The molecular formula is C16H21NO2. The first-order valence-electron chi connectivity index (χ1n) is 6.46. The lowest BCUT2D eigenvalue weighted by atomic mass is 9.95. The summed E-state index contributed by atoms with van der Waals surface area (Å²) in [5.74, 6) is 2.82. The Morgan fingerprint density at radius 3 is 2.32 bits per heavy atom. The number of para-hydroxylation sites is 1. The zero-order chi connectivity index (χ0) is 14.0. The second kappa shape index (κ2) is 5.49. The van der Waals surface area contributed by atoms with E-state index in [1.807, 2.05) is 39.1 Å². The molecule has 0 saturated carbocycles. The first-order valence-corrected chi connectivity index (χ1v) is 6.46. The summed E-state index contributed by atoms with van der Waals surface area (Å²) in [4.78, 5) is 0. The Hall–Kier alpha value is -1.74. The van der Waals surface area contributed by atoms with E-state index in [4.69, 9.17) is 9.15 Å². The summed E-state index contributed by atoms with van der Waals surface area (Å²) < 4.78 is 11.2. The Bertz CT molecular complexity index is 572. The molecule has 0 fully saturated rings. The van der Waals surface area contributed by atoms with Crippen molar-refractivity contribution in [2.45, 2.75) is 26.8 Å². The Morgan fingerprint density at radius 2 is 1.79 bits per heavy atom. The SMILES string of the molecule is CNC(c1ccccc1OC)c1c(C)oc(C)c1C. The van der Waals surface area contributed by atoms with Crippen molar-refractivity contribution in [1.82, 2.24) is 5.32 Å². The van der Waals surface area contributed by atoms with Crippen LogP contribution >= 0.6 is 0 Å². The molecule has 0 radical (unpaired) electrons. The molecule has 0 bridgehead atoms. The van der Waals surface area contributed by atoms with Gasteiger partial charge in [0.2, 0.25) is 0 Å². The fourth-order valence-corrected chi connectivity index (χ4v) is 2.59. The second-order valence-corrected chi connectivity index (χ2v) is 4.72. The fourth-order valence-electron chi connectivity index (χ4n) is 2.59. The third-order valence-electron chi connectivity index (χ3n) is 3.64. The van der Waals surface area contributed by atoms with E-state index in [-0.39, 0.29) is 6.04 Å². The molecule has 3 heteroatoms. The van der Waals surface area contributed by atoms with E-state index in [9.17, 15) is 0 Å². The quantitative estimate of drug-likeness (QED) is 0.912. The molecule has 0 aliphatic carbocycles. The van der Waals surface area contributed by atoms with Crippen molar-refractivity contribution in [2.24, 2.45) is 0 Å². The first kappa shape index (κ1) is 13.7. The maximum absolute atomic E-state index is 5.74. The van der Waals surface area contributed by atoms with E-state index in [2.05, 4.69) is 18.3 Å². The molecule has 1 aromatic heterocycles. The number of benzene rings is 1. The van der Waals surface area contributed by atoms with Gasteiger partial charge in [0, 0.05) is 11.1 Å². The third-order valence-corrected chi connectivity index (χ3v) is 3.64. The van der Waals surface area contributed by atoms with Gasteiger partial charge in [0.25, 0.3) is 0 Å². The lowest BCUT2D eigenvalue weighted by molar-refractivity contribution is 0.405. The van der Waals surface area contributed by atoms with Crippen molar-refractivity contribution in [3.63, 3.8) is 0 Å². The van der Waals surface area contributed by atoms with Crippen molar-refractivity contribution in [2.75, 3.05) is 14.2 Å². The highest BCUT2D eigenvalue weighted by Gasteiger charge is 2.23. The molecule has 1 heterocycles. The van der Waals surface area contributed by atoms with Crippen molar-refractivity contribution < 1.29 is 9.15 Å². The minimum Gasteiger partial charge on any atom is -0.496 e. The molecule has 2 rings (SSSR count). The molecule has 0 saturated heterocycles. The second-order valence-electron chi connectivity index (χ2n) is 4.72. The summed E-state index contributed by atoms with van der Waals surface area (Å²) in [6.07, 6.45) is 0. The van der Waals surface area contributed by atoms with Crippen LogP contribution in [0.5, 0.6) is 5.75 Å². The molecule has 2 aromatic rings. The van der Waals surface area contributed by atoms with Crippen LogP contribution in [0.1, 0.15) is 34.3 Å². The highest BCUT2D eigenvalue weighted by Crippen LogP contribution is 2.35. The van der Waals surface area contributed by atoms with E-state index in [0.29, 0.717) is 0 Å². The smallest absolute Gasteiger partial charge is 0.123 e. The van der Waals surface area contributed by atoms with E-state index in [1.165, 1.54) is 11.1 Å². The van der Waals surface area contributed by atoms with Gasteiger partial charge in [-0.3, -0.25) is 0 Å². The minimum atomic E-state index is 0.0774. The highest BCUT2D eigenvalue weighted by atomic mass is 16.5. The summed E-state index contributed by atoms with van der Waals surface area (Å²) in [7, 11) is 3.66. The maximum atomic E-state index is 5.74. The lowest BCUT2D eigenvalue weighted by Gasteiger charge is -2.20. The molecule has 0 aliphatic heterocycles. The van der Waals surface area contributed by atoms with Gasteiger partial charge < -0.3 is 14.5 Å². The Morgan fingerprint density at radius 1 is 1.11 bits per heavy atom. The Kier molecular flexibility index (Phi) is 3.96. The number of nitrogens with one attached hydrogen (secondary N) is 1. The molecule has 1 aromatic carbocycles. The van der Waals surface area contributed by atoms with Crippen LogP contribution in [0.3, 0.4) is 0 Å². The largest absolute Gasteiger partial charge is 0.496 e. The number of rotatable bonds is 4. The zero-order valence-electron chi connectivity index (χ0n) is 12.2. The van der Waals surface area contributed by atoms with Gasteiger partial charge in [0.1, 0.15) is 17.3 Å². The number of aryl methyl sites for hydroxylation is 2. The van der Waals surface area contributed by atoms with E-state index < -0.39 is 0 Å². The van der Waals surface area contributed by atoms with Crippen LogP contribution in [-0.2, 0) is 0 Å². The number of hydrogen-bond acceptors (Lipinski definition) is 3. The van der Waals surface area contributed by atoms with Gasteiger partial charge in [0.05, 0.1) is 13.2 Å². The van der Waals surface area contributed by atoms with Crippen LogP contribution in [-0.4, -0.2) is 14.2 Å². The average Bonchev–Trinajstić information content (AvgIpc) is 2.67. The van der Waals surface area contributed by atoms with Gasteiger partial charge in [-0.25, -0.2) is 0 Å². The summed E-state index contributed by atoms with van der Waals surface area (Å²) in [6, 6.07) is 8.15. The average molecular weight is 259 g/mol. The summed E-state index contributed by atoms with van der Waals surface area (Å²) >= 11 is 0. The molecule has 3 nitrogen and oxygen atoms in total. The molecule has 0 amide bonds. The van der Waals surface area contributed by atoms with Gasteiger partial charge in [-0.1, -0.05) is 18.2 Å². The van der Waals surface area contributed by atoms with E-state index in [0.717, 1.165) is 22.8 Å². The van der Waals surface area contributed by atoms with Crippen LogP contribution in [0.15, 0.2) is 28.7 Å². The number of furan rings is 1. The van der Waals surface area contributed by atoms with Gasteiger partial charge in [-0.2, -0.15) is 0 Å². The van der Waals surface area contributed by atoms with Crippen LogP contribution < -0.4 is 10.1 Å². The van der Waals surface area contributed by atoms with E-state index in [1.54, 1.807) is 7.11 Å². The van der Waals surface area contributed by atoms with Crippen LogP contribution in [0, 0.1) is 20.8 Å². The van der Waals surface area contributed by atoms with Gasteiger partial charge >= 0.3 is 0 Å². The third kappa shape index (κ3) is 2.38. The van der Waals surface area contributed by atoms with E-state index >= 15 is 0 Å². The minimum absolute atomic E-state index is 0.0774. The Labute approximate surface area is 114 Å². The molecule has 102 valence electrons. The van der Waals surface area contributed by atoms with Gasteiger partial charge in [0.15, 0.2) is 0 Å². The van der Waals surface area contributed by atoms with Crippen molar-refractivity contribution in [3.8, 4) is 5.75 Å². The van der Waals surface area contributed by atoms with Crippen molar-refractivity contribution in [1.29, 1.82) is 0 Å². The fraction of sp³-hybridized carbons (Fsp3) is 0.375. The number of hydrogen-bond donors (Lipinski definition) is 1. The lowest BCUT2D eigenvalue weighted by Crippen LogP contribution is -2.19. The van der Waals surface area contributed by atoms with Crippen molar-refractivity contribution in [3.05, 3.63) is 52.5 Å².